The van der Waals surface area contributed by atoms with Gasteiger partial charge in [0.1, 0.15) is 0 Å². The van der Waals surface area contributed by atoms with Gasteiger partial charge in [0.25, 0.3) is 5.91 Å². The van der Waals surface area contributed by atoms with Crippen LogP contribution in [-0.2, 0) is 0 Å². The first-order valence-electron chi connectivity index (χ1n) is 6.64. The highest BCUT2D eigenvalue weighted by Gasteiger charge is 2.19. The Morgan fingerprint density at radius 2 is 1.71 bits per heavy atom. The lowest BCUT2D eigenvalue weighted by Gasteiger charge is -2.19. The Hall–Kier alpha value is -1.43. The van der Waals surface area contributed by atoms with Crippen molar-refractivity contribution in [2.75, 3.05) is 34.9 Å². The van der Waals surface area contributed by atoms with Crippen LogP contribution in [0.15, 0.2) is 12.1 Å². The number of halogens is 1. The minimum atomic E-state index is -0.0811. The Bertz CT molecular complexity index is 466. The van der Waals surface area contributed by atoms with Crippen LogP contribution in [0.3, 0.4) is 0 Å². The molecule has 0 fully saturated rings. The fourth-order valence-corrected chi connectivity index (χ4v) is 2.10. The van der Waals surface area contributed by atoms with Crippen molar-refractivity contribution in [3.63, 3.8) is 0 Å². The van der Waals surface area contributed by atoms with E-state index in [0.717, 1.165) is 6.42 Å². The Kier molecular flexibility index (Phi) is 6.81. The lowest BCUT2D eigenvalue weighted by Crippen LogP contribution is -2.28. The smallest absolute Gasteiger partial charge is 0.253 e. The molecule has 6 heteroatoms. The van der Waals surface area contributed by atoms with Crippen LogP contribution < -0.4 is 14.2 Å². The number of rotatable bonds is 7. The van der Waals surface area contributed by atoms with E-state index in [2.05, 4.69) is 22.9 Å². The van der Waals surface area contributed by atoms with E-state index in [0.29, 0.717) is 34.2 Å². The van der Waals surface area contributed by atoms with Crippen molar-refractivity contribution in [1.29, 1.82) is 0 Å². The van der Waals surface area contributed by atoms with Crippen LogP contribution in [0.1, 0.15) is 23.7 Å². The van der Waals surface area contributed by atoms with Crippen molar-refractivity contribution in [3.8, 4) is 17.2 Å². The molecule has 0 aliphatic rings. The molecule has 0 saturated carbocycles. The molecular formula is C15H22BrNO4. The molecule has 0 bridgehead atoms. The van der Waals surface area contributed by atoms with E-state index >= 15 is 0 Å². The van der Waals surface area contributed by atoms with E-state index in [1.807, 2.05) is 0 Å². The highest BCUT2D eigenvalue weighted by Crippen LogP contribution is 2.38. The summed E-state index contributed by atoms with van der Waals surface area (Å²) in [5.74, 6) is 1.35. The zero-order valence-corrected chi connectivity index (χ0v) is 14.7. The molecule has 1 unspecified atom stereocenters. The molecule has 0 saturated heterocycles. The minimum absolute atomic E-state index is 0.0811. The monoisotopic (exact) mass is 359 g/mol. The Balaban J connectivity index is 3.04. The number of benzene rings is 1. The second kappa shape index (κ2) is 8.12. The van der Waals surface area contributed by atoms with Crippen molar-refractivity contribution >= 4 is 21.8 Å². The minimum Gasteiger partial charge on any atom is -0.493 e. The highest BCUT2D eigenvalue weighted by molar-refractivity contribution is 9.09. The van der Waals surface area contributed by atoms with Gasteiger partial charge in [-0.3, -0.25) is 4.79 Å². The van der Waals surface area contributed by atoms with Gasteiger partial charge in [-0.15, -0.1) is 0 Å². The molecule has 1 rings (SSSR count). The zero-order valence-electron chi connectivity index (χ0n) is 13.1. The molecule has 0 aromatic heterocycles. The molecule has 118 valence electrons. The molecular weight excluding hydrogens is 338 g/mol. The molecule has 21 heavy (non-hydrogen) atoms. The Labute approximate surface area is 134 Å². The molecule has 0 N–H and O–H groups in total. The third kappa shape index (κ3) is 4.52. The van der Waals surface area contributed by atoms with Gasteiger partial charge in [-0.25, -0.2) is 0 Å². The summed E-state index contributed by atoms with van der Waals surface area (Å²) in [6, 6.07) is 3.33. The first-order chi connectivity index (χ1) is 9.94. The van der Waals surface area contributed by atoms with Gasteiger partial charge < -0.3 is 19.1 Å². The summed E-state index contributed by atoms with van der Waals surface area (Å²) in [6.45, 7) is 2.72. The number of methoxy groups -OCH3 is 3. The largest absolute Gasteiger partial charge is 0.493 e. The molecule has 0 radical (unpaired) electrons. The number of carbonyl (C=O) groups is 1. The molecule has 1 aromatic carbocycles. The van der Waals surface area contributed by atoms with Crippen molar-refractivity contribution in [1.82, 2.24) is 4.90 Å². The summed E-state index contributed by atoms with van der Waals surface area (Å²) in [5, 5.41) is 0. The molecule has 5 nitrogen and oxygen atoms in total. The Morgan fingerprint density at radius 1 is 1.19 bits per heavy atom. The van der Waals surface area contributed by atoms with E-state index < -0.39 is 0 Å². The summed E-state index contributed by atoms with van der Waals surface area (Å²) in [4.78, 5) is 14.5. The summed E-state index contributed by atoms with van der Waals surface area (Å²) in [5.41, 5.74) is 0.509. The first kappa shape index (κ1) is 17.6. The van der Waals surface area contributed by atoms with Gasteiger partial charge >= 0.3 is 0 Å². The van der Waals surface area contributed by atoms with Crippen LogP contribution in [-0.4, -0.2) is 50.6 Å². The maximum Gasteiger partial charge on any atom is 0.253 e. The lowest BCUT2D eigenvalue weighted by atomic mass is 10.1. The summed E-state index contributed by atoms with van der Waals surface area (Å²) in [6.07, 6.45) is 0.882. The summed E-state index contributed by atoms with van der Waals surface area (Å²) < 4.78 is 15.8. The number of amides is 1. The van der Waals surface area contributed by atoms with Crippen LogP contribution in [0.25, 0.3) is 0 Å². The fourth-order valence-electron chi connectivity index (χ4n) is 1.90. The van der Waals surface area contributed by atoms with Crippen LogP contribution in [0.2, 0.25) is 0 Å². The molecule has 0 heterocycles. The molecule has 1 amide bonds. The predicted molar refractivity (Wildman–Crippen MR) is 86.1 cm³/mol. The predicted octanol–water partition coefficient (Wildman–Crippen LogP) is 2.96. The van der Waals surface area contributed by atoms with Crippen LogP contribution >= 0.6 is 15.9 Å². The number of alkyl halides is 1. The second-order valence-corrected chi connectivity index (χ2v) is 6.27. The lowest BCUT2D eigenvalue weighted by molar-refractivity contribution is 0.0793. The third-order valence-electron chi connectivity index (χ3n) is 3.12. The number of carbonyl (C=O) groups excluding carboxylic acids is 1. The number of hydrogen-bond donors (Lipinski definition) is 0. The van der Waals surface area contributed by atoms with Gasteiger partial charge in [-0.2, -0.15) is 0 Å². The second-order valence-electron chi connectivity index (χ2n) is 4.71. The fraction of sp³-hybridized carbons (Fsp3) is 0.533. The topological polar surface area (TPSA) is 48.0 Å². The molecule has 0 spiro atoms. The van der Waals surface area contributed by atoms with Crippen molar-refractivity contribution in [2.24, 2.45) is 0 Å². The maximum atomic E-state index is 12.5. The van der Waals surface area contributed by atoms with Gasteiger partial charge in [0.2, 0.25) is 5.75 Å². The van der Waals surface area contributed by atoms with E-state index in [1.165, 1.54) is 21.3 Å². The van der Waals surface area contributed by atoms with E-state index in [1.54, 1.807) is 24.1 Å². The van der Waals surface area contributed by atoms with E-state index in [-0.39, 0.29) is 5.91 Å². The maximum absolute atomic E-state index is 12.5. The van der Waals surface area contributed by atoms with Gasteiger partial charge in [0.05, 0.1) is 21.3 Å². The number of ether oxygens (including phenoxy) is 3. The van der Waals surface area contributed by atoms with E-state index in [9.17, 15) is 4.79 Å². The zero-order chi connectivity index (χ0) is 16.0. The van der Waals surface area contributed by atoms with Crippen molar-refractivity contribution < 1.29 is 19.0 Å². The highest BCUT2D eigenvalue weighted by atomic mass is 79.9. The average molecular weight is 360 g/mol. The first-order valence-corrected chi connectivity index (χ1v) is 7.55. The molecule has 0 aliphatic heterocycles. The normalized spacial score (nSPS) is 11.7. The average Bonchev–Trinajstić information content (AvgIpc) is 2.49. The van der Waals surface area contributed by atoms with E-state index in [4.69, 9.17) is 14.2 Å². The Morgan fingerprint density at radius 3 is 2.10 bits per heavy atom. The third-order valence-corrected chi connectivity index (χ3v) is 3.58. The molecule has 0 aliphatic carbocycles. The van der Waals surface area contributed by atoms with Crippen LogP contribution in [0.4, 0.5) is 0 Å². The van der Waals surface area contributed by atoms with Gasteiger partial charge in [-0.1, -0.05) is 22.9 Å². The summed E-state index contributed by atoms with van der Waals surface area (Å²) in [7, 11) is 6.37. The van der Waals surface area contributed by atoms with Crippen molar-refractivity contribution in [2.45, 2.75) is 18.2 Å². The molecule has 1 aromatic rings. The van der Waals surface area contributed by atoms with Gasteiger partial charge in [0, 0.05) is 24.0 Å². The SMILES string of the molecule is COc1cc(C(=O)N(C)CCC(C)Br)cc(OC)c1OC. The quantitative estimate of drug-likeness (QED) is 0.702. The number of nitrogens with zero attached hydrogens (tertiary/aromatic N) is 1. The van der Waals surface area contributed by atoms with Crippen molar-refractivity contribution in [3.05, 3.63) is 17.7 Å². The molecule has 1 atom stereocenters. The summed E-state index contributed by atoms with van der Waals surface area (Å²) >= 11 is 3.48. The van der Waals surface area contributed by atoms with Crippen LogP contribution in [0.5, 0.6) is 17.2 Å². The van der Waals surface area contributed by atoms with Gasteiger partial charge in [-0.05, 0) is 18.6 Å². The van der Waals surface area contributed by atoms with Crippen LogP contribution in [0, 0.1) is 0 Å². The standard InChI is InChI=1S/C15H22BrNO4/c1-10(16)6-7-17(2)15(18)11-8-12(19-3)14(21-5)13(9-11)20-4/h8-10H,6-7H2,1-5H3. The number of hydrogen-bond acceptors (Lipinski definition) is 4. The van der Waals surface area contributed by atoms with Gasteiger partial charge in [0.15, 0.2) is 11.5 Å².